The molecule has 0 saturated heterocycles. The number of alkyl halides is 2. The summed E-state index contributed by atoms with van der Waals surface area (Å²) in [4.78, 5) is 11.1. The van der Waals surface area contributed by atoms with Crippen LogP contribution in [0.15, 0.2) is 0 Å². The molecule has 0 spiro atoms. The van der Waals surface area contributed by atoms with E-state index in [1.54, 1.807) is 0 Å². The molecule has 13 heavy (non-hydrogen) atoms. The second-order valence-electron chi connectivity index (χ2n) is 3.27. The van der Waals surface area contributed by atoms with E-state index >= 15 is 0 Å². The first-order valence-corrected chi connectivity index (χ1v) is 4.35. The van der Waals surface area contributed by atoms with Gasteiger partial charge in [-0.3, -0.25) is 4.79 Å². The maximum absolute atomic E-state index is 11.8. The molecule has 1 saturated carbocycles. The summed E-state index contributed by atoms with van der Waals surface area (Å²) >= 11 is 0. The fourth-order valence-electron chi connectivity index (χ4n) is 1.11. The van der Waals surface area contributed by atoms with Crippen molar-refractivity contribution in [2.45, 2.75) is 31.8 Å². The molecule has 0 aromatic heterocycles. The molecule has 0 aromatic carbocycles. The van der Waals surface area contributed by atoms with Gasteiger partial charge in [0.2, 0.25) is 5.91 Å². The van der Waals surface area contributed by atoms with Gasteiger partial charge < -0.3 is 10.4 Å². The Bertz CT molecular complexity index is 183. The number of aliphatic hydroxyl groups excluding tert-OH is 1. The average molecular weight is 193 g/mol. The first-order valence-electron chi connectivity index (χ1n) is 4.35. The van der Waals surface area contributed by atoms with Crippen LogP contribution >= 0.6 is 0 Å². The summed E-state index contributed by atoms with van der Waals surface area (Å²) in [6.07, 6.45) is -1.85. The summed E-state index contributed by atoms with van der Waals surface area (Å²) in [5, 5.41) is 11.0. The van der Waals surface area contributed by atoms with E-state index < -0.39 is 12.5 Å². The number of rotatable bonds is 4. The fraction of sp³-hybridized carbons (Fsp3) is 0.875. The average Bonchev–Trinajstić information content (AvgIpc) is 1.96. The van der Waals surface area contributed by atoms with Crippen LogP contribution in [0.5, 0.6) is 0 Å². The first kappa shape index (κ1) is 10.4. The predicted octanol–water partition coefficient (Wildman–Crippen LogP) is 0.529. The molecule has 1 unspecified atom stereocenters. The van der Waals surface area contributed by atoms with Gasteiger partial charge in [-0.05, 0) is 12.8 Å². The van der Waals surface area contributed by atoms with Crippen LogP contribution in [-0.2, 0) is 4.79 Å². The summed E-state index contributed by atoms with van der Waals surface area (Å²) in [6.45, 7) is -0.354. The molecular formula is C8H13F2NO2. The van der Waals surface area contributed by atoms with Crippen molar-refractivity contribution in [1.29, 1.82) is 0 Å². The Morgan fingerprint density at radius 1 is 1.54 bits per heavy atom. The molecule has 76 valence electrons. The Morgan fingerprint density at radius 3 is 2.54 bits per heavy atom. The number of hydrogen-bond donors (Lipinski definition) is 2. The van der Waals surface area contributed by atoms with Crippen molar-refractivity contribution in [3.8, 4) is 0 Å². The SMILES string of the molecule is O=C(NCC(O)C(F)F)C1CCC1. The zero-order valence-corrected chi connectivity index (χ0v) is 7.17. The number of amides is 1. The lowest BCUT2D eigenvalue weighted by molar-refractivity contribution is -0.128. The normalized spacial score (nSPS) is 19.7. The highest BCUT2D eigenvalue weighted by atomic mass is 19.3. The van der Waals surface area contributed by atoms with Crippen molar-refractivity contribution in [2.24, 2.45) is 5.92 Å². The van der Waals surface area contributed by atoms with E-state index in [4.69, 9.17) is 5.11 Å². The Kier molecular flexibility index (Phi) is 3.59. The van der Waals surface area contributed by atoms with Crippen LogP contribution in [0.25, 0.3) is 0 Å². The van der Waals surface area contributed by atoms with Crippen molar-refractivity contribution >= 4 is 5.91 Å². The van der Waals surface area contributed by atoms with Crippen LogP contribution in [0.4, 0.5) is 8.78 Å². The lowest BCUT2D eigenvalue weighted by Gasteiger charge is -2.24. The molecule has 0 bridgehead atoms. The highest BCUT2D eigenvalue weighted by molar-refractivity contribution is 5.79. The van der Waals surface area contributed by atoms with Crippen molar-refractivity contribution in [1.82, 2.24) is 5.32 Å². The van der Waals surface area contributed by atoms with Crippen LogP contribution in [0, 0.1) is 5.92 Å². The summed E-state index contributed by atoms with van der Waals surface area (Å²) in [6, 6.07) is 0. The summed E-state index contributed by atoms with van der Waals surface area (Å²) in [5.74, 6) is -0.240. The monoisotopic (exact) mass is 193 g/mol. The van der Waals surface area contributed by atoms with Gasteiger partial charge in [-0.1, -0.05) is 6.42 Å². The summed E-state index contributed by atoms with van der Waals surface area (Å²) in [5.41, 5.74) is 0. The molecule has 3 nitrogen and oxygen atoms in total. The Hall–Kier alpha value is -0.710. The zero-order chi connectivity index (χ0) is 9.84. The molecule has 0 heterocycles. The summed E-state index contributed by atoms with van der Waals surface area (Å²) < 4.78 is 23.5. The molecule has 1 aliphatic carbocycles. The van der Waals surface area contributed by atoms with Gasteiger partial charge in [-0.15, -0.1) is 0 Å². The first-order chi connectivity index (χ1) is 6.11. The lowest BCUT2D eigenvalue weighted by Crippen LogP contribution is -2.40. The third kappa shape index (κ3) is 2.91. The molecule has 1 fully saturated rings. The van der Waals surface area contributed by atoms with Crippen molar-refractivity contribution in [3.05, 3.63) is 0 Å². The molecule has 5 heteroatoms. The number of nitrogens with one attached hydrogen (secondary N) is 1. The molecule has 1 amide bonds. The molecule has 1 rings (SSSR count). The topological polar surface area (TPSA) is 49.3 Å². The smallest absolute Gasteiger partial charge is 0.265 e. The molecule has 1 atom stereocenters. The number of carbonyl (C=O) groups excluding carboxylic acids is 1. The third-order valence-electron chi connectivity index (χ3n) is 2.25. The molecule has 1 aliphatic rings. The largest absolute Gasteiger partial charge is 0.385 e. The Balaban J connectivity index is 2.14. The Labute approximate surface area is 75.1 Å². The summed E-state index contributed by atoms with van der Waals surface area (Å²) in [7, 11) is 0. The quantitative estimate of drug-likeness (QED) is 0.684. The highest BCUT2D eigenvalue weighted by Crippen LogP contribution is 2.26. The van der Waals surface area contributed by atoms with Crippen molar-refractivity contribution in [2.75, 3.05) is 6.54 Å². The minimum absolute atomic E-state index is 0.0233. The number of aliphatic hydroxyl groups is 1. The second kappa shape index (κ2) is 4.50. The van der Waals surface area contributed by atoms with Crippen molar-refractivity contribution in [3.63, 3.8) is 0 Å². The molecule has 0 radical (unpaired) electrons. The van der Waals surface area contributed by atoms with Crippen LogP contribution < -0.4 is 5.32 Å². The number of carbonyl (C=O) groups is 1. The van der Waals surface area contributed by atoms with Gasteiger partial charge in [0, 0.05) is 12.5 Å². The van der Waals surface area contributed by atoms with E-state index in [-0.39, 0.29) is 18.4 Å². The van der Waals surface area contributed by atoms with Crippen molar-refractivity contribution < 1.29 is 18.7 Å². The molecule has 0 aromatic rings. The third-order valence-corrected chi connectivity index (χ3v) is 2.25. The van der Waals surface area contributed by atoms with E-state index in [2.05, 4.69) is 5.32 Å². The highest BCUT2D eigenvalue weighted by Gasteiger charge is 2.26. The van der Waals surface area contributed by atoms with Gasteiger partial charge in [0.15, 0.2) is 0 Å². The maximum atomic E-state index is 11.8. The minimum atomic E-state index is -2.79. The minimum Gasteiger partial charge on any atom is -0.385 e. The van der Waals surface area contributed by atoms with Crippen LogP contribution in [0.2, 0.25) is 0 Å². The second-order valence-corrected chi connectivity index (χ2v) is 3.27. The predicted molar refractivity (Wildman–Crippen MR) is 42.4 cm³/mol. The molecule has 2 N–H and O–H groups in total. The van der Waals surface area contributed by atoms with E-state index in [1.165, 1.54) is 0 Å². The van der Waals surface area contributed by atoms with E-state index in [9.17, 15) is 13.6 Å². The fourth-order valence-corrected chi connectivity index (χ4v) is 1.11. The van der Waals surface area contributed by atoms with Gasteiger partial charge >= 0.3 is 0 Å². The van der Waals surface area contributed by atoms with Gasteiger partial charge in [0.25, 0.3) is 6.43 Å². The van der Waals surface area contributed by atoms with Crippen LogP contribution in [-0.4, -0.2) is 30.1 Å². The molecule has 0 aliphatic heterocycles. The standard InChI is InChI=1S/C8H13F2NO2/c9-7(10)6(12)4-11-8(13)5-2-1-3-5/h5-7,12H,1-4H2,(H,11,13). The number of halogens is 2. The lowest BCUT2D eigenvalue weighted by atomic mass is 9.85. The zero-order valence-electron chi connectivity index (χ0n) is 7.17. The maximum Gasteiger partial charge on any atom is 0.265 e. The van der Waals surface area contributed by atoms with E-state index in [1.807, 2.05) is 0 Å². The van der Waals surface area contributed by atoms with Gasteiger partial charge in [-0.2, -0.15) is 0 Å². The van der Waals surface area contributed by atoms with Crippen LogP contribution in [0.3, 0.4) is 0 Å². The van der Waals surface area contributed by atoms with Gasteiger partial charge in [0.05, 0.1) is 0 Å². The van der Waals surface area contributed by atoms with Crippen LogP contribution in [0.1, 0.15) is 19.3 Å². The van der Waals surface area contributed by atoms with E-state index in [0.717, 1.165) is 19.3 Å². The van der Waals surface area contributed by atoms with Gasteiger partial charge in [0.1, 0.15) is 6.10 Å². The van der Waals surface area contributed by atoms with E-state index in [0.29, 0.717) is 0 Å². The molecular weight excluding hydrogens is 180 g/mol. The number of hydrogen-bond acceptors (Lipinski definition) is 2. The Morgan fingerprint density at radius 2 is 2.15 bits per heavy atom. The van der Waals surface area contributed by atoms with Gasteiger partial charge in [-0.25, -0.2) is 8.78 Å².